The number of aromatic nitrogens is 4. The molecule has 2 heterocycles. The van der Waals surface area contributed by atoms with E-state index in [2.05, 4.69) is 31.0 Å². The molecular formula is C26H33N7O6. The number of carbonyl (C=O) groups is 4. The van der Waals surface area contributed by atoms with Crippen LogP contribution in [0.5, 0.6) is 0 Å². The maximum atomic E-state index is 13.2. The highest BCUT2D eigenvalue weighted by molar-refractivity contribution is 6.00. The lowest BCUT2D eigenvalue weighted by Crippen LogP contribution is -2.45. The molecule has 2 fully saturated rings. The van der Waals surface area contributed by atoms with Crippen LogP contribution in [0.15, 0.2) is 41.5 Å². The van der Waals surface area contributed by atoms with E-state index in [0.29, 0.717) is 11.8 Å². The van der Waals surface area contributed by atoms with E-state index in [4.69, 9.17) is 0 Å². The second-order valence-corrected chi connectivity index (χ2v) is 9.96. The van der Waals surface area contributed by atoms with Gasteiger partial charge in [0, 0.05) is 25.4 Å². The molecule has 13 heteroatoms. The molecule has 3 amide bonds. The summed E-state index contributed by atoms with van der Waals surface area (Å²) in [7, 11) is 2.79. The van der Waals surface area contributed by atoms with Gasteiger partial charge in [-0.15, -0.1) is 5.10 Å². The zero-order chi connectivity index (χ0) is 27.9. The Morgan fingerprint density at radius 3 is 2.72 bits per heavy atom. The van der Waals surface area contributed by atoms with Gasteiger partial charge in [0.25, 0.3) is 11.5 Å². The largest absolute Gasteiger partial charge is 0.466 e. The fourth-order valence-electron chi connectivity index (χ4n) is 5.31. The van der Waals surface area contributed by atoms with E-state index in [-0.39, 0.29) is 42.7 Å². The third-order valence-electron chi connectivity index (χ3n) is 7.32. The molecule has 2 saturated carbocycles. The van der Waals surface area contributed by atoms with Crippen LogP contribution in [0.1, 0.15) is 49.0 Å². The van der Waals surface area contributed by atoms with Crippen LogP contribution in [-0.4, -0.2) is 62.4 Å². The molecule has 2 unspecified atom stereocenters. The Bertz CT molecular complexity index is 1320. The van der Waals surface area contributed by atoms with Gasteiger partial charge in [0.05, 0.1) is 13.3 Å². The van der Waals surface area contributed by atoms with Crippen LogP contribution in [0.3, 0.4) is 0 Å². The first kappa shape index (κ1) is 27.7. The summed E-state index contributed by atoms with van der Waals surface area (Å²) >= 11 is 0. The highest BCUT2D eigenvalue weighted by Crippen LogP contribution is 2.44. The number of pyridine rings is 1. The lowest BCUT2D eigenvalue weighted by molar-refractivity contribution is -0.134. The number of hydrogen-bond donors (Lipinski definition) is 3. The lowest BCUT2D eigenvalue weighted by atomic mass is 9.95. The number of nitrogens with zero attached hydrogens (tertiary/aromatic N) is 4. The molecule has 2 aliphatic rings. The number of nitrogens with one attached hydrogen (secondary N) is 3. The predicted molar refractivity (Wildman–Crippen MR) is 139 cm³/mol. The van der Waals surface area contributed by atoms with Crippen molar-refractivity contribution >= 4 is 29.4 Å². The number of amides is 3. The fraction of sp³-hybridized carbons (Fsp3) is 0.500. The van der Waals surface area contributed by atoms with Gasteiger partial charge in [-0.05, 0) is 56.1 Å². The molecule has 0 radical (unpaired) electrons. The molecule has 0 aromatic carbocycles. The van der Waals surface area contributed by atoms with Gasteiger partial charge in [-0.1, -0.05) is 17.7 Å². The molecule has 0 aliphatic heterocycles. The molecule has 208 valence electrons. The van der Waals surface area contributed by atoms with E-state index >= 15 is 0 Å². The van der Waals surface area contributed by atoms with E-state index < -0.39 is 29.4 Å². The molecule has 0 spiro atoms. The summed E-state index contributed by atoms with van der Waals surface area (Å²) in [5, 5.41) is 15.6. The van der Waals surface area contributed by atoms with Crippen molar-refractivity contribution in [3.63, 3.8) is 0 Å². The van der Waals surface area contributed by atoms with Gasteiger partial charge in [-0.25, -0.2) is 9.48 Å². The van der Waals surface area contributed by atoms with Crippen molar-refractivity contribution in [2.45, 2.75) is 57.2 Å². The van der Waals surface area contributed by atoms with Crippen LogP contribution in [0.4, 0.5) is 5.69 Å². The van der Waals surface area contributed by atoms with Gasteiger partial charge in [0.1, 0.15) is 24.0 Å². The van der Waals surface area contributed by atoms with Crippen molar-refractivity contribution in [3.8, 4) is 0 Å². The minimum Gasteiger partial charge on any atom is -0.466 e. The Kier molecular flexibility index (Phi) is 8.89. The molecule has 39 heavy (non-hydrogen) atoms. The first-order valence-electron chi connectivity index (χ1n) is 12.9. The number of fused-ring (bicyclic) bond motifs is 2. The molecule has 2 bridgehead atoms. The summed E-state index contributed by atoms with van der Waals surface area (Å²) in [6.07, 6.45) is 10.4. The minimum absolute atomic E-state index is 0.0261. The molecule has 2 aromatic rings. The summed E-state index contributed by atoms with van der Waals surface area (Å²) in [6, 6.07) is 2.10. The molecule has 2 aromatic heterocycles. The fourth-order valence-corrected chi connectivity index (χ4v) is 5.31. The van der Waals surface area contributed by atoms with E-state index in [1.807, 2.05) is 0 Å². The first-order valence-corrected chi connectivity index (χ1v) is 12.9. The second-order valence-electron chi connectivity index (χ2n) is 9.96. The summed E-state index contributed by atoms with van der Waals surface area (Å²) in [4.78, 5) is 62.9. The van der Waals surface area contributed by atoms with Crippen LogP contribution in [-0.2, 0) is 32.7 Å². The molecule has 13 nitrogen and oxygen atoms in total. The number of allylic oxidation sites excluding steroid dienone is 1. The van der Waals surface area contributed by atoms with Crippen molar-refractivity contribution in [3.05, 3.63) is 52.7 Å². The Morgan fingerprint density at radius 2 is 2.05 bits per heavy atom. The van der Waals surface area contributed by atoms with E-state index in [0.717, 1.165) is 19.3 Å². The van der Waals surface area contributed by atoms with E-state index in [9.17, 15) is 24.0 Å². The van der Waals surface area contributed by atoms with Gasteiger partial charge >= 0.3 is 5.97 Å². The van der Waals surface area contributed by atoms with Crippen molar-refractivity contribution in [1.29, 1.82) is 0 Å². The zero-order valence-corrected chi connectivity index (χ0v) is 22.0. The van der Waals surface area contributed by atoms with Crippen LogP contribution < -0.4 is 21.5 Å². The highest BCUT2D eigenvalue weighted by atomic mass is 16.5. The van der Waals surface area contributed by atoms with Crippen molar-refractivity contribution < 1.29 is 23.9 Å². The second kappa shape index (κ2) is 12.5. The number of ether oxygens (including phenoxy) is 1. The number of aryl methyl sites for hydroxylation is 1. The van der Waals surface area contributed by atoms with Gasteiger partial charge in [0.15, 0.2) is 0 Å². The maximum Gasteiger partial charge on any atom is 0.330 e. The third kappa shape index (κ3) is 6.98. The van der Waals surface area contributed by atoms with Crippen molar-refractivity contribution in [1.82, 2.24) is 30.2 Å². The normalized spacial score (nSPS) is 20.5. The van der Waals surface area contributed by atoms with Gasteiger partial charge < -0.3 is 25.3 Å². The molecule has 0 saturated heterocycles. The van der Waals surface area contributed by atoms with E-state index in [1.165, 1.54) is 60.4 Å². The SMILES string of the molecule is COC(=O)/C=C/CC[C@H](NC(=O)c1cnnn1C)C(=O)Nc1cccn(CC(=O)N[C@@H]2CC3CCC2C3)c1=O. The Balaban J connectivity index is 1.41. The number of rotatable bonds is 11. The summed E-state index contributed by atoms with van der Waals surface area (Å²) in [5.41, 5.74) is -0.427. The average Bonchev–Trinajstić information content (AvgIpc) is 3.65. The zero-order valence-electron chi connectivity index (χ0n) is 22.0. The lowest BCUT2D eigenvalue weighted by Gasteiger charge is -2.23. The average molecular weight is 540 g/mol. The smallest absolute Gasteiger partial charge is 0.330 e. The van der Waals surface area contributed by atoms with Crippen molar-refractivity contribution in [2.75, 3.05) is 12.4 Å². The minimum atomic E-state index is -1.05. The molecule has 4 atom stereocenters. The number of esters is 1. The third-order valence-corrected chi connectivity index (χ3v) is 7.32. The molecule has 2 aliphatic carbocycles. The van der Waals surface area contributed by atoms with Crippen LogP contribution in [0.25, 0.3) is 0 Å². The summed E-state index contributed by atoms with van der Waals surface area (Å²) < 4.78 is 7.06. The Morgan fingerprint density at radius 1 is 1.23 bits per heavy atom. The van der Waals surface area contributed by atoms with Crippen molar-refractivity contribution in [2.24, 2.45) is 18.9 Å². The van der Waals surface area contributed by atoms with Crippen LogP contribution in [0, 0.1) is 11.8 Å². The molecular weight excluding hydrogens is 506 g/mol. The predicted octanol–water partition coefficient (Wildman–Crippen LogP) is 0.528. The standard InChI is InChI=1S/C26H33N7O6/c1-32-21(14-27-31-32)25(37)29-18(6-3-4-8-23(35)39-2)24(36)30-19-7-5-11-33(26(19)38)15-22(34)28-20-13-16-9-10-17(20)12-16/h4-5,7-8,11,14,16-18,20H,3,6,9-10,12-13,15H2,1-2H3,(H,28,34)(H,29,37)(H,30,36)/b8-4+/t16?,17?,18-,20+/m0/s1. The quantitative estimate of drug-likeness (QED) is 0.275. The van der Waals surface area contributed by atoms with Gasteiger partial charge in [-0.3, -0.25) is 19.2 Å². The number of anilines is 1. The van der Waals surface area contributed by atoms with Crippen LogP contribution in [0.2, 0.25) is 0 Å². The number of carbonyl (C=O) groups excluding carboxylic acids is 4. The summed E-state index contributed by atoms with van der Waals surface area (Å²) in [6.45, 7) is -0.164. The van der Waals surface area contributed by atoms with Gasteiger partial charge in [-0.2, -0.15) is 0 Å². The topological polar surface area (TPSA) is 166 Å². The number of methoxy groups -OCH3 is 1. The highest BCUT2D eigenvalue weighted by Gasteiger charge is 2.40. The molecule has 3 N–H and O–H groups in total. The van der Waals surface area contributed by atoms with Gasteiger partial charge in [0.2, 0.25) is 11.8 Å². The first-order chi connectivity index (χ1) is 18.7. The molecule has 4 rings (SSSR count). The maximum absolute atomic E-state index is 13.2. The van der Waals surface area contributed by atoms with E-state index in [1.54, 1.807) is 6.07 Å². The monoisotopic (exact) mass is 539 g/mol. The summed E-state index contributed by atoms with van der Waals surface area (Å²) in [5.74, 6) is -0.813. The Hall–Kier alpha value is -4.29. The Labute approximate surface area is 225 Å². The van der Waals surface area contributed by atoms with Crippen LogP contribution >= 0.6 is 0 Å². The number of hydrogen-bond acceptors (Lipinski definition) is 8.